The number of fused-ring (bicyclic) bond motifs is 2. The number of aromatic amines is 1. The highest BCUT2D eigenvalue weighted by atomic mass is 16.5. The fourth-order valence-electron chi connectivity index (χ4n) is 5.43. The van der Waals surface area contributed by atoms with E-state index in [1.165, 1.54) is 12.7 Å². The Bertz CT molecular complexity index is 1050. The Kier molecular flexibility index (Phi) is 6.40. The summed E-state index contributed by atoms with van der Waals surface area (Å²) >= 11 is 0. The smallest absolute Gasteiger partial charge is 0.409 e. The third-order valence-corrected chi connectivity index (χ3v) is 7.17. The largest absolute Gasteiger partial charge is 0.453 e. The van der Waals surface area contributed by atoms with E-state index in [1.807, 2.05) is 24.0 Å². The van der Waals surface area contributed by atoms with Crippen LogP contribution in [0.15, 0.2) is 18.2 Å². The Balaban J connectivity index is 1.43. The number of amides is 1. The van der Waals surface area contributed by atoms with Gasteiger partial charge in [-0.2, -0.15) is 10.1 Å². The molecule has 10 heteroatoms. The van der Waals surface area contributed by atoms with Crippen LogP contribution in [0.1, 0.15) is 49.9 Å². The van der Waals surface area contributed by atoms with Crippen LogP contribution in [-0.2, 0) is 9.47 Å². The van der Waals surface area contributed by atoms with Crippen molar-refractivity contribution >= 4 is 29.3 Å². The maximum absolute atomic E-state index is 12.4. The summed E-state index contributed by atoms with van der Waals surface area (Å²) in [7, 11) is 3.53. The lowest BCUT2D eigenvalue weighted by molar-refractivity contribution is 0.0260. The lowest BCUT2D eigenvalue weighted by Gasteiger charge is -2.49. The summed E-state index contributed by atoms with van der Waals surface area (Å²) in [5, 5.41) is 10.6. The second-order valence-corrected chi connectivity index (χ2v) is 9.41. The van der Waals surface area contributed by atoms with E-state index >= 15 is 0 Å². The van der Waals surface area contributed by atoms with Gasteiger partial charge in [0, 0.05) is 43.0 Å². The van der Waals surface area contributed by atoms with Crippen LogP contribution in [0, 0.1) is 6.92 Å². The molecule has 3 atom stereocenters. The number of nitrogens with zero attached hydrogens (tertiary/aromatic N) is 5. The third-order valence-electron chi connectivity index (χ3n) is 7.17. The quantitative estimate of drug-likeness (QED) is 0.686. The van der Waals surface area contributed by atoms with Crippen molar-refractivity contribution in [2.75, 3.05) is 37.6 Å². The summed E-state index contributed by atoms with van der Waals surface area (Å²) < 4.78 is 10.6. The van der Waals surface area contributed by atoms with Gasteiger partial charge in [-0.15, -0.1) is 0 Å². The predicted octanol–water partition coefficient (Wildman–Crippen LogP) is 3.64. The number of rotatable bonds is 5. The van der Waals surface area contributed by atoms with E-state index in [0.29, 0.717) is 25.0 Å². The fraction of sp³-hybridized carbons (Fsp3) is 0.583. The summed E-state index contributed by atoms with van der Waals surface area (Å²) in [6.45, 7) is 3.26. The van der Waals surface area contributed by atoms with E-state index in [9.17, 15) is 4.79 Å². The molecule has 34 heavy (non-hydrogen) atoms. The first-order valence-corrected chi connectivity index (χ1v) is 12.1. The van der Waals surface area contributed by atoms with Crippen LogP contribution < -0.4 is 10.2 Å². The van der Waals surface area contributed by atoms with Crippen LogP contribution in [-0.4, -0.2) is 76.7 Å². The normalized spacial score (nSPS) is 24.4. The van der Waals surface area contributed by atoms with Gasteiger partial charge in [0.05, 0.1) is 26.0 Å². The number of hydrogen-bond acceptors (Lipinski definition) is 8. The molecule has 2 aromatic rings. The van der Waals surface area contributed by atoms with E-state index in [-0.39, 0.29) is 24.2 Å². The highest BCUT2D eigenvalue weighted by molar-refractivity contribution is 5.69. The van der Waals surface area contributed by atoms with E-state index in [1.54, 1.807) is 0 Å². The van der Waals surface area contributed by atoms with Gasteiger partial charge in [-0.25, -0.2) is 9.78 Å². The van der Waals surface area contributed by atoms with Gasteiger partial charge in [0.2, 0.25) is 5.95 Å². The van der Waals surface area contributed by atoms with Gasteiger partial charge in [0.1, 0.15) is 5.82 Å². The minimum atomic E-state index is -0.207. The zero-order valence-electron chi connectivity index (χ0n) is 20.1. The molecule has 5 heterocycles. The molecule has 0 aliphatic carbocycles. The first-order valence-electron chi connectivity index (χ1n) is 12.1. The summed E-state index contributed by atoms with van der Waals surface area (Å²) in [6.07, 6.45) is 7.64. The standard InChI is InChI=1S/C24H33N7O3/c1-15-11-22(29-28-15)26-21-14-20(16-7-9-34-10-8-16)25-23(27-21)30(2)19-12-17-5-4-6-18(13-19)31(17)24(32)33-3/h7,11,14,17-19H,4-6,8-10,12-13H2,1-3H3,(H2,25,26,27,28,29)/t17-,18+,19-. The molecule has 2 fully saturated rings. The molecule has 10 nitrogen and oxygen atoms in total. The van der Waals surface area contributed by atoms with Gasteiger partial charge in [-0.05, 0) is 51.0 Å². The van der Waals surface area contributed by atoms with Crippen molar-refractivity contribution in [1.29, 1.82) is 0 Å². The number of nitrogens with one attached hydrogen (secondary N) is 2. The molecule has 182 valence electrons. The number of aryl methyl sites for hydroxylation is 1. The molecule has 5 rings (SSSR count). The van der Waals surface area contributed by atoms with Crippen molar-refractivity contribution in [1.82, 2.24) is 25.1 Å². The average Bonchev–Trinajstić information content (AvgIpc) is 3.26. The molecule has 3 aliphatic rings. The van der Waals surface area contributed by atoms with Gasteiger partial charge in [0.15, 0.2) is 5.82 Å². The van der Waals surface area contributed by atoms with Crippen molar-refractivity contribution in [2.45, 2.75) is 63.6 Å². The summed E-state index contributed by atoms with van der Waals surface area (Å²) in [6, 6.07) is 4.56. The molecule has 2 N–H and O–H groups in total. The Morgan fingerprint density at radius 3 is 2.68 bits per heavy atom. The highest BCUT2D eigenvalue weighted by Crippen LogP contribution is 2.37. The van der Waals surface area contributed by atoms with Gasteiger partial charge < -0.3 is 24.6 Å². The summed E-state index contributed by atoms with van der Waals surface area (Å²) in [5.74, 6) is 2.10. The molecule has 0 unspecified atom stereocenters. The van der Waals surface area contributed by atoms with E-state index in [0.717, 1.165) is 55.7 Å². The lowest BCUT2D eigenvalue weighted by Crippen LogP contribution is -2.58. The first-order chi connectivity index (χ1) is 16.5. The SMILES string of the molecule is COC(=O)N1[C@@H]2CCC[C@H]1C[C@H](N(C)c1nc(Nc3cc(C)[nH]n3)cc(C3=CCOCC3)n1)C2. The molecule has 0 spiro atoms. The Morgan fingerprint density at radius 2 is 2.03 bits per heavy atom. The minimum absolute atomic E-state index is 0.193. The molecule has 1 amide bonds. The monoisotopic (exact) mass is 467 g/mol. The van der Waals surface area contributed by atoms with Gasteiger partial charge in [-0.1, -0.05) is 6.08 Å². The molecular formula is C24H33N7O3. The van der Waals surface area contributed by atoms with Crippen LogP contribution in [0.2, 0.25) is 0 Å². The lowest BCUT2D eigenvalue weighted by atomic mass is 9.81. The molecule has 0 radical (unpaired) electrons. The molecule has 0 saturated carbocycles. The number of carbonyl (C=O) groups excluding carboxylic acids is 1. The van der Waals surface area contributed by atoms with Crippen LogP contribution in [0.5, 0.6) is 0 Å². The number of anilines is 3. The minimum Gasteiger partial charge on any atom is -0.453 e. The van der Waals surface area contributed by atoms with Crippen molar-refractivity contribution in [3.8, 4) is 0 Å². The second kappa shape index (κ2) is 9.61. The molecule has 2 saturated heterocycles. The second-order valence-electron chi connectivity index (χ2n) is 9.41. The third kappa shape index (κ3) is 4.59. The number of aromatic nitrogens is 4. The van der Waals surface area contributed by atoms with Gasteiger partial charge >= 0.3 is 6.09 Å². The molecule has 2 aromatic heterocycles. The number of methoxy groups -OCH3 is 1. The summed E-state index contributed by atoms with van der Waals surface area (Å²) in [4.78, 5) is 26.4. The number of H-pyrrole nitrogens is 1. The van der Waals surface area contributed by atoms with Crippen molar-refractivity contribution in [3.05, 3.63) is 29.6 Å². The van der Waals surface area contributed by atoms with Gasteiger partial charge in [-0.3, -0.25) is 5.10 Å². The number of hydrogen-bond donors (Lipinski definition) is 2. The Labute approximate surface area is 199 Å². The molecule has 2 bridgehead atoms. The number of carbonyl (C=O) groups is 1. The van der Waals surface area contributed by atoms with E-state index in [4.69, 9.17) is 19.4 Å². The first kappa shape index (κ1) is 22.6. The molecule has 0 aromatic carbocycles. The van der Waals surface area contributed by atoms with Crippen molar-refractivity contribution in [3.63, 3.8) is 0 Å². The zero-order valence-corrected chi connectivity index (χ0v) is 20.1. The molecule has 3 aliphatic heterocycles. The Hall–Kier alpha value is -3.14. The van der Waals surface area contributed by atoms with Gasteiger partial charge in [0.25, 0.3) is 0 Å². The van der Waals surface area contributed by atoms with Crippen LogP contribution in [0.25, 0.3) is 5.57 Å². The summed E-state index contributed by atoms with van der Waals surface area (Å²) in [5.41, 5.74) is 3.05. The fourth-order valence-corrected chi connectivity index (χ4v) is 5.43. The maximum atomic E-state index is 12.4. The number of ether oxygens (including phenoxy) is 2. The maximum Gasteiger partial charge on any atom is 0.409 e. The van der Waals surface area contributed by atoms with E-state index in [2.05, 4.69) is 33.5 Å². The topological polar surface area (TPSA) is 109 Å². The zero-order chi connectivity index (χ0) is 23.7. The average molecular weight is 468 g/mol. The molecular weight excluding hydrogens is 434 g/mol. The van der Waals surface area contributed by atoms with E-state index < -0.39 is 0 Å². The predicted molar refractivity (Wildman–Crippen MR) is 129 cm³/mol. The van der Waals surface area contributed by atoms with Crippen LogP contribution in [0.3, 0.4) is 0 Å². The van der Waals surface area contributed by atoms with Crippen molar-refractivity contribution < 1.29 is 14.3 Å². The van der Waals surface area contributed by atoms with Crippen LogP contribution in [0.4, 0.5) is 22.4 Å². The van der Waals surface area contributed by atoms with Crippen LogP contribution >= 0.6 is 0 Å². The number of piperidine rings is 2. The highest BCUT2D eigenvalue weighted by Gasteiger charge is 2.43. The van der Waals surface area contributed by atoms with Crippen molar-refractivity contribution in [2.24, 2.45) is 0 Å². The Morgan fingerprint density at radius 1 is 1.24 bits per heavy atom.